The number of aromatic hydroxyl groups is 1. The highest BCUT2D eigenvalue weighted by molar-refractivity contribution is 6.24. The van der Waals surface area contributed by atoms with E-state index in [1.54, 1.807) is 18.2 Å². The van der Waals surface area contributed by atoms with Crippen LogP contribution in [-0.4, -0.2) is 68.5 Å². The summed E-state index contributed by atoms with van der Waals surface area (Å²) in [6, 6.07) is 6.18. The number of aliphatic hydroxyl groups excluding tert-OH is 2. The lowest BCUT2D eigenvalue weighted by molar-refractivity contribution is -0.153. The Balaban J connectivity index is 1.74. The maximum Gasteiger partial charge on any atom is 0.255 e. The normalized spacial score (nSPS) is 26.3. The quantitative estimate of drug-likeness (QED) is 0.374. The molecule has 202 valence electrons. The minimum Gasteiger partial charge on any atom is -0.508 e. The maximum absolute atomic E-state index is 14.1. The molecule has 2 aromatic rings. The number of carbonyl (C=O) groups is 3. The lowest BCUT2D eigenvalue weighted by Gasteiger charge is -2.50. The number of nitrogens with zero attached hydrogens (tertiary/aromatic N) is 1. The highest BCUT2D eigenvalue weighted by Crippen LogP contribution is 2.53. The first-order valence-corrected chi connectivity index (χ1v) is 12.3. The molecule has 0 radical (unpaired) electrons. The molecule has 0 spiro atoms. The number of halogens is 1. The number of benzene rings is 2. The standard InChI is InChI=1S/C29H27FN2O7/c1-4-12-9-13(5-7-18(12)30)15-6-8-19(33)21-16(15)10-14-11-17-23(32(2)3)25(35)22(28(31)38)27(37)29(17,39)26(36)20(14)24(21)34/h4-9,14,17,23,33-34,37,39H,1,10-11H2,2-3H3,(H2,31,38). The summed E-state index contributed by atoms with van der Waals surface area (Å²) in [6.07, 6.45) is 1.46. The number of rotatable bonds is 4. The summed E-state index contributed by atoms with van der Waals surface area (Å²) in [5.41, 5.74) is 3.41. The van der Waals surface area contributed by atoms with Gasteiger partial charge in [-0.3, -0.25) is 19.3 Å². The minimum atomic E-state index is -2.70. The van der Waals surface area contributed by atoms with Crippen LogP contribution in [0.4, 0.5) is 4.39 Å². The molecule has 1 amide bonds. The van der Waals surface area contributed by atoms with Gasteiger partial charge in [-0.25, -0.2) is 4.39 Å². The molecule has 3 aliphatic rings. The molecule has 2 aromatic carbocycles. The Kier molecular flexibility index (Phi) is 6.00. The minimum absolute atomic E-state index is 0.0256. The molecule has 6 N–H and O–H groups in total. The molecule has 4 atom stereocenters. The van der Waals surface area contributed by atoms with Crippen LogP contribution < -0.4 is 5.73 Å². The molecule has 9 nitrogen and oxygen atoms in total. The summed E-state index contributed by atoms with van der Waals surface area (Å²) in [6.45, 7) is 3.62. The summed E-state index contributed by atoms with van der Waals surface area (Å²) >= 11 is 0. The van der Waals surface area contributed by atoms with Crippen molar-refractivity contribution in [2.75, 3.05) is 14.1 Å². The number of amides is 1. The SMILES string of the molecule is C=Cc1cc(-c2ccc(O)c3c2CC2CC4C(N(C)C)C(=O)C(C(N)=O)=C(O)C4(O)C(=O)C2=C3O)ccc1F. The van der Waals surface area contributed by atoms with Gasteiger partial charge < -0.3 is 26.2 Å². The molecule has 0 aliphatic heterocycles. The third-order valence-corrected chi connectivity index (χ3v) is 8.13. The second-order valence-corrected chi connectivity index (χ2v) is 10.4. The molecule has 3 aliphatic carbocycles. The molecule has 1 saturated carbocycles. The molecule has 0 saturated heterocycles. The predicted molar refractivity (Wildman–Crippen MR) is 140 cm³/mol. The molecular weight excluding hydrogens is 507 g/mol. The Labute approximate surface area is 223 Å². The van der Waals surface area contributed by atoms with E-state index in [1.807, 2.05) is 0 Å². The first kappa shape index (κ1) is 26.3. The van der Waals surface area contributed by atoms with Gasteiger partial charge in [0.05, 0.1) is 11.6 Å². The van der Waals surface area contributed by atoms with Crippen molar-refractivity contribution in [2.24, 2.45) is 17.6 Å². The van der Waals surface area contributed by atoms with E-state index in [2.05, 4.69) is 6.58 Å². The number of hydrogen-bond donors (Lipinski definition) is 5. The first-order chi connectivity index (χ1) is 18.3. The van der Waals surface area contributed by atoms with E-state index in [-0.39, 0.29) is 35.3 Å². The average molecular weight is 535 g/mol. The van der Waals surface area contributed by atoms with E-state index < -0.39 is 63.9 Å². The van der Waals surface area contributed by atoms with Crippen LogP contribution in [0, 0.1) is 17.7 Å². The van der Waals surface area contributed by atoms with E-state index >= 15 is 0 Å². The molecule has 4 unspecified atom stereocenters. The molecule has 5 rings (SSSR count). The summed E-state index contributed by atoms with van der Waals surface area (Å²) in [7, 11) is 3.07. The van der Waals surface area contributed by atoms with Gasteiger partial charge in [-0.1, -0.05) is 24.8 Å². The van der Waals surface area contributed by atoms with Crippen molar-refractivity contribution in [3.05, 3.63) is 76.3 Å². The smallest absolute Gasteiger partial charge is 0.255 e. The van der Waals surface area contributed by atoms with Crippen molar-refractivity contribution in [3.63, 3.8) is 0 Å². The van der Waals surface area contributed by atoms with Gasteiger partial charge in [0.2, 0.25) is 5.78 Å². The number of phenolic OH excluding ortho intramolecular Hbond substituents is 1. The Hall–Kier alpha value is -4.28. The summed E-state index contributed by atoms with van der Waals surface area (Å²) < 4.78 is 14.1. The predicted octanol–water partition coefficient (Wildman–Crippen LogP) is 2.41. The molecule has 0 bridgehead atoms. The Bertz CT molecular complexity index is 1560. The van der Waals surface area contributed by atoms with Gasteiger partial charge in [0.25, 0.3) is 5.91 Å². The van der Waals surface area contributed by atoms with Crippen LogP contribution in [0.3, 0.4) is 0 Å². The van der Waals surface area contributed by atoms with Crippen LogP contribution in [0.15, 0.2) is 53.8 Å². The molecule has 0 aromatic heterocycles. The van der Waals surface area contributed by atoms with Crippen LogP contribution in [0.25, 0.3) is 23.0 Å². The van der Waals surface area contributed by atoms with E-state index in [1.165, 1.54) is 37.2 Å². The first-order valence-electron chi connectivity index (χ1n) is 12.3. The van der Waals surface area contributed by atoms with Gasteiger partial charge >= 0.3 is 0 Å². The highest BCUT2D eigenvalue weighted by Gasteiger charge is 2.64. The number of aliphatic hydroxyl groups is 3. The van der Waals surface area contributed by atoms with Gasteiger partial charge in [-0.05, 0) is 67.7 Å². The summed E-state index contributed by atoms with van der Waals surface area (Å²) in [5.74, 6) is -7.60. The Morgan fingerprint density at radius 1 is 1.18 bits per heavy atom. The van der Waals surface area contributed by atoms with Crippen molar-refractivity contribution in [3.8, 4) is 16.9 Å². The third-order valence-electron chi connectivity index (χ3n) is 8.13. The van der Waals surface area contributed by atoms with Gasteiger partial charge in [0.15, 0.2) is 11.4 Å². The molecule has 10 heteroatoms. The highest BCUT2D eigenvalue weighted by atomic mass is 19.1. The van der Waals surface area contributed by atoms with Crippen LogP contribution in [0.5, 0.6) is 5.75 Å². The largest absolute Gasteiger partial charge is 0.508 e. The number of fused-ring (bicyclic) bond motifs is 3. The topological polar surface area (TPSA) is 161 Å². The summed E-state index contributed by atoms with van der Waals surface area (Å²) in [5, 5.41) is 44.7. The number of likely N-dealkylation sites (N-methyl/N-ethyl adjacent to an activating group) is 1. The number of hydrogen-bond acceptors (Lipinski definition) is 8. The van der Waals surface area contributed by atoms with Crippen LogP contribution in [0.2, 0.25) is 0 Å². The lowest BCUT2D eigenvalue weighted by atomic mass is 9.57. The third kappa shape index (κ3) is 3.55. The fourth-order valence-electron chi connectivity index (χ4n) is 6.38. The number of phenols is 1. The Morgan fingerprint density at radius 2 is 1.87 bits per heavy atom. The number of carbonyl (C=O) groups excluding carboxylic acids is 3. The fraction of sp³-hybridized carbons (Fsp3) is 0.276. The van der Waals surface area contributed by atoms with Crippen molar-refractivity contribution >= 4 is 29.3 Å². The zero-order valence-corrected chi connectivity index (χ0v) is 21.2. The number of primary amides is 1. The zero-order chi connectivity index (χ0) is 28.5. The fourth-order valence-corrected chi connectivity index (χ4v) is 6.38. The van der Waals surface area contributed by atoms with Crippen molar-refractivity contribution in [2.45, 2.75) is 24.5 Å². The van der Waals surface area contributed by atoms with E-state index in [0.29, 0.717) is 16.7 Å². The lowest BCUT2D eigenvalue weighted by Crippen LogP contribution is -2.65. The summed E-state index contributed by atoms with van der Waals surface area (Å²) in [4.78, 5) is 40.6. The van der Waals surface area contributed by atoms with Crippen LogP contribution in [-0.2, 0) is 20.8 Å². The van der Waals surface area contributed by atoms with Gasteiger partial charge in [0, 0.05) is 17.1 Å². The average Bonchev–Trinajstić information content (AvgIpc) is 2.86. The van der Waals surface area contributed by atoms with Crippen molar-refractivity contribution in [1.82, 2.24) is 4.90 Å². The maximum atomic E-state index is 14.1. The molecular formula is C29H27FN2O7. The van der Waals surface area contributed by atoms with E-state index in [0.717, 1.165) is 0 Å². The van der Waals surface area contributed by atoms with Gasteiger partial charge in [-0.15, -0.1) is 0 Å². The van der Waals surface area contributed by atoms with E-state index in [4.69, 9.17) is 5.73 Å². The van der Waals surface area contributed by atoms with Crippen molar-refractivity contribution < 1.29 is 39.2 Å². The number of ketones is 2. The van der Waals surface area contributed by atoms with E-state index in [9.17, 15) is 39.2 Å². The number of nitrogens with two attached hydrogens (primary N) is 1. The zero-order valence-electron chi connectivity index (χ0n) is 21.2. The monoisotopic (exact) mass is 534 g/mol. The van der Waals surface area contributed by atoms with Gasteiger partial charge in [-0.2, -0.15) is 0 Å². The second kappa shape index (κ2) is 8.89. The van der Waals surface area contributed by atoms with Crippen LogP contribution >= 0.6 is 0 Å². The Morgan fingerprint density at radius 3 is 2.49 bits per heavy atom. The molecule has 39 heavy (non-hydrogen) atoms. The van der Waals surface area contributed by atoms with Crippen molar-refractivity contribution in [1.29, 1.82) is 0 Å². The van der Waals surface area contributed by atoms with Gasteiger partial charge in [0.1, 0.15) is 28.7 Å². The van der Waals surface area contributed by atoms with Crippen LogP contribution in [0.1, 0.15) is 23.1 Å². The molecule has 0 heterocycles. The second-order valence-electron chi connectivity index (χ2n) is 10.4. The molecule has 1 fully saturated rings. The number of Topliss-reactive ketones (excluding diaryl/α,β-unsaturated/α-hetero) is 2.